The molecule has 1 fully saturated rings. The maximum Gasteiger partial charge on any atom is 0.141 e. The SMILES string of the molecule is CC(C)c1c(O)ccc2c1CC(=O)C1C(C)(C)CCCC21C. The third-order valence-corrected chi connectivity index (χ3v) is 6.14. The van der Waals surface area contributed by atoms with Gasteiger partial charge in [-0.15, -0.1) is 0 Å². The van der Waals surface area contributed by atoms with Gasteiger partial charge in [-0.05, 0) is 41.4 Å². The largest absolute Gasteiger partial charge is 0.508 e. The van der Waals surface area contributed by atoms with Crippen molar-refractivity contribution in [3.8, 4) is 5.75 Å². The molecule has 1 aromatic carbocycles. The highest BCUT2D eigenvalue weighted by Gasteiger charge is 2.54. The third-order valence-electron chi connectivity index (χ3n) is 6.14. The van der Waals surface area contributed by atoms with E-state index in [9.17, 15) is 9.90 Å². The van der Waals surface area contributed by atoms with Crippen LogP contribution in [0.15, 0.2) is 12.1 Å². The number of fused-ring (bicyclic) bond motifs is 3. The molecular weight excluding hydrogens is 272 g/mol. The number of carbonyl (C=O) groups excluding carboxylic acids is 1. The lowest BCUT2D eigenvalue weighted by Crippen LogP contribution is -2.52. The van der Waals surface area contributed by atoms with Crippen LogP contribution in [0, 0.1) is 11.3 Å². The van der Waals surface area contributed by atoms with Gasteiger partial charge >= 0.3 is 0 Å². The van der Waals surface area contributed by atoms with Crippen LogP contribution in [0.1, 0.15) is 76.5 Å². The van der Waals surface area contributed by atoms with E-state index in [0.717, 1.165) is 24.0 Å². The summed E-state index contributed by atoms with van der Waals surface area (Å²) in [6.07, 6.45) is 3.86. The van der Waals surface area contributed by atoms with Gasteiger partial charge in [0, 0.05) is 23.3 Å². The van der Waals surface area contributed by atoms with E-state index in [0.29, 0.717) is 18.0 Å². The van der Waals surface area contributed by atoms with Crippen molar-refractivity contribution in [2.75, 3.05) is 0 Å². The number of phenols is 1. The number of rotatable bonds is 1. The quantitative estimate of drug-likeness (QED) is 0.814. The zero-order chi connectivity index (χ0) is 16.3. The topological polar surface area (TPSA) is 37.3 Å². The van der Waals surface area contributed by atoms with Gasteiger partial charge in [0.15, 0.2) is 0 Å². The lowest BCUT2D eigenvalue weighted by Gasteiger charge is -2.53. The van der Waals surface area contributed by atoms with E-state index in [1.165, 1.54) is 12.0 Å². The van der Waals surface area contributed by atoms with E-state index >= 15 is 0 Å². The maximum absolute atomic E-state index is 13.0. The predicted octanol–water partition coefficient (Wildman–Crippen LogP) is 4.72. The second-order valence-corrected chi connectivity index (χ2v) is 8.51. The van der Waals surface area contributed by atoms with Crippen LogP contribution < -0.4 is 0 Å². The van der Waals surface area contributed by atoms with E-state index < -0.39 is 0 Å². The monoisotopic (exact) mass is 300 g/mol. The van der Waals surface area contributed by atoms with Crippen molar-refractivity contribution in [1.29, 1.82) is 0 Å². The molecule has 2 aliphatic carbocycles. The zero-order valence-corrected chi connectivity index (χ0v) is 14.5. The van der Waals surface area contributed by atoms with E-state index in [1.54, 1.807) is 0 Å². The molecule has 1 saturated carbocycles. The Balaban J connectivity index is 2.25. The first-order valence-corrected chi connectivity index (χ1v) is 8.56. The first kappa shape index (κ1) is 15.6. The summed E-state index contributed by atoms with van der Waals surface area (Å²) in [5.41, 5.74) is 3.39. The molecule has 0 aromatic heterocycles. The number of ketones is 1. The maximum atomic E-state index is 13.0. The first-order valence-electron chi connectivity index (χ1n) is 8.56. The highest BCUT2D eigenvalue weighted by Crippen LogP contribution is 2.57. The van der Waals surface area contributed by atoms with Gasteiger partial charge < -0.3 is 5.11 Å². The smallest absolute Gasteiger partial charge is 0.141 e. The minimum absolute atomic E-state index is 0.0671. The molecule has 2 aliphatic rings. The fourth-order valence-corrected chi connectivity index (χ4v) is 5.44. The molecule has 0 radical (unpaired) electrons. The van der Waals surface area contributed by atoms with Gasteiger partial charge in [-0.25, -0.2) is 0 Å². The van der Waals surface area contributed by atoms with E-state index in [4.69, 9.17) is 0 Å². The van der Waals surface area contributed by atoms with Crippen molar-refractivity contribution in [3.05, 3.63) is 28.8 Å². The van der Waals surface area contributed by atoms with Gasteiger partial charge in [0.25, 0.3) is 0 Å². The first-order chi connectivity index (χ1) is 10.2. The molecule has 2 unspecified atom stereocenters. The summed E-state index contributed by atoms with van der Waals surface area (Å²) < 4.78 is 0. The molecule has 0 saturated heterocycles. The average molecular weight is 300 g/mol. The van der Waals surface area contributed by atoms with E-state index in [-0.39, 0.29) is 22.7 Å². The molecule has 22 heavy (non-hydrogen) atoms. The molecule has 3 rings (SSSR count). The van der Waals surface area contributed by atoms with Gasteiger partial charge in [0.05, 0.1) is 0 Å². The Kier molecular flexibility index (Phi) is 3.43. The van der Waals surface area contributed by atoms with Crippen molar-refractivity contribution in [2.45, 2.75) is 71.6 Å². The molecule has 120 valence electrons. The van der Waals surface area contributed by atoms with Crippen LogP contribution in [0.25, 0.3) is 0 Å². The number of phenolic OH excluding ortho intramolecular Hbond substituents is 1. The molecule has 1 N–H and O–H groups in total. The van der Waals surface area contributed by atoms with Crippen molar-refractivity contribution < 1.29 is 9.90 Å². The molecule has 1 aromatic rings. The Morgan fingerprint density at radius 1 is 1.18 bits per heavy atom. The normalized spacial score (nSPS) is 30.1. The van der Waals surface area contributed by atoms with Crippen LogP contribution in [0.4, 0.5) is 0 Å². The van der Waals surface area contributed by atoms with Crippen molar-refractivity contribution in [3.63, 3.8) is 0 Å². The summed E-state index contributed by atoms with van der Waals surface area (Å²) in [7, 11) is 0. The Labute approximate surface area is 133 Å². The van der Waals surface area contributed by atoms with Crippen molar-refractivity contribution in [2.24, 2.45) is 11.3 Å². The number of hydrogen-bond donors (Lipinski definition) is 1. The lowest BCUT2D eigenvalue weighted by atomic mass is 9.49. The molecule has 0 aliphatic heterocycles. The van der Waals surface area contributed by atoms with Gasteiger partial charge in [-0.1, -0.05) is 47.1 Å². The van der Waals surface area contributed by atoms with Crippen LogP contribution in [-0.4, -0.2) is 10.9 Å². The standard InChI is InChI=1S/C20H28O2/c1-12(2)17-13-11-16(22)18-19(3,4)9-6-10-20(18,5)14(13)7-8-15(17)21/h7-8,12,18,21H,6,9-11H2,1-5H3. The second-order valence-electron chi connectivity index (χ2n) is 8.51. The van der Waals surface area contributed by atoms with Crippen LogP contribution in [0.5, 0.6) is 5.75 Å². The van der Waals surface area contributed by atoms with Gasteiger partial charge in [0.1, 0.15) is 11.5 Å². The molecule has 2 nitrogen and oxygen atoms in total. The third kappa shape index (κ3) is 2.03. The molecule has 2 atom stereocenters. The summed E-state index contributed by atoms with van der Waals surface area (Å²) in [6.45, 7) is 11.0. The highest BCUT2D eigenvalue weighted by molar-refractivity contribution is 5.89. The van der Waals surface area contributed by atoms with Gasteiger partial charge in [-0.3, -0.25) is 4.79 Å². The average Bonchev–Trinajstić information content (AvgIpc) is 2.35. The Bertz CT molecular complexity index is 627. The molecule has 0 heterocycles. The molecule has 2 heteroatoms. The molecule has 0 spiro atoms. The minimum Gasteiger partial charge on any atom is -0.508 e. The molecule has 0 bridgehead atoms. The van der Waals surface area contributed by atoms with Crippen LogP contribution in [-0.2, 0) is 16.6 Å². The number of Topliss-reactive ketones (excluding diaryl/α,β-unsaturated/α-hetero) is 1. The van der Waals surface area contributed by atoms with Crippen LogP contribution in [0.2, 0.25) is 0 Å². The number of carbonyl (C=O) groups is 1. The Hall–Kier alpha value is -1.31. The Morgan fingerprint density at radius 3 is 2.50 bits per heavy atom. The van der Waals surface area contributed by atoms with Crippen molar-refractivity contribution >= 4 is 5.78 Å². The number of aromatic hydroxyl groups is 1. The fraction of sp³-hybridized carbons (Fsp3) is 0.650. The van der Waals surface area contributed by atoms with Crippen LogP contribution in [0.3, 0.4) is 0 Å². The number of benzene rings is 1. The van der Waals surface area contributed by atoms with Gasteiger partial charge in [-0.2, -0.15) is 0 Å². The Morgan fingerprint density at radius 2 is 1.86 bits per heavy atom. The van der Waals surface area contributed by atoms with Crippen molar-refractivity contribution in [1.82, 2.24) is 0 Å². The lowest BCUT2D eigenvalue weighted by molar-refractivity contribution is -0.132. The van der Waals surface area contributed by atoms with Crippen LogP contribution >= 0.6 is 0 Å². The second kappa shape index (κ2) is 4.84. The van der Waals surface area contributed by atoms with E-state index in [2.05, 4.69) is 40.7 Å². The highest BCUT2D eigenvalue weighted by atomic mass is 16.3. The van der Waals surface area contributed by atoms with E-state index in [1.807, 2.05) is 6.07 Å². The molecule has 0 amide bonds. The minimum atomic E-state index is -0.0796. The summed E-state index contributed by atoms with van der Waals surface area (Å²) in [5, 5.41) is 10.3. The zero-order valence-electron chi connectivity index (χ0n) is 14.5. The summed E-state index contributed by atoms with van der Waals surface area (Å²) in [5.74, 6) is 1.05. The number of hydrogen-bond acceptors (Lipinski definition) is 2. The summed E-state index contributed by atoms with van der Waals surface area (Å²) in [4.78, 5) is 13.0. The summed E-state index contributed by atoms with van der Waals surface area (Å²) in [6, 6.07) is 3.92. The summed E-state index contributed by atoms with van der Waals surface area (Å²) >= 11 is 0. The molecular formula is C20H28O2. The fourth-order valence-electron chi connectivity index (χ4n) is 5.44. The van der Waals surface area contributed by atoms with Gasteiger partial charge in [0.2, 0.25) is 0 Å². The predicted molar refractivity (Wildman–Crippen MR) is 89.4 cm³/mol.